The maximum Gasteiger partial charge on any atom is 0.303 e. The maximum atomic E-state index is 12.2. The highest BCUT2D eigenvalue weighted by molar-refractivity contribution is 5.77. The maximum absolute atomic E-state index is 12.2. The first-order valence-corrected chi connectivity index (χ1v) is 7.20. The third kappa shape index (κ3) is 3.24. The van der Waals surface area contributed by atoms with Gasteiger partial charge in [0.05, 0.1) is 0 Å². The van der Waals surface area contributed by atoms with E-state index in [9.17, 15) is 9.59 Å². The van der Waals surface area contributed by atoms with E-state index in [2.05, 4.69) is 4.90 Å². The number of piperidine rings is 1. The number of carboxylic acids is 1. The standard InChI is InChI=1S/C14H23NO3/c16-13(8-3-9-14(17)18)15-10-4-6-11-5-1-2-7-12(11)15/h11-12H,1-10H2,(H,17,18)/t11-,12-/m1/s1. The Labute approximate surface area is 108 Å². The minimum absolute atomic E-state index is 0.105. The number of carbonyl (C=O) groups is 2. The van der Waals surface area contributed by atoms with Crippen LogP contribution in [-0.2, 0) is 9.59 Å². The van der Waals surface area contributed by atoms with Gasteiger partial charge in [-0.15, -0.1) is 0 Å². The molecule has 2 atom stereocenters. The summed E-state index contributed by atoms with van der Waals surface area (Å²) in [6.45, 7) is 0.882. The summed E-state index contributed by atoms with van der Waals surface area (Å²) in [5.41, 5.74) is 0. The van der Waals surface area contributed by atoms with Crippen LogP contribution in [0.3, 0.4) is 0 Å². The third-order valence-electron chi connectivity index (χ3n) is 4.34. The lowest BCUT2D eigenvalue weighted by molar-refractivity contribution is -0.139. The number of hydrogen-bond donors (Lipinski definition) is 1. The highest BCUT2D eigenvalue weighted by atomic mass is 16.4. The Hall–Kier alpha value is -1.06. The van der Waals surface area contributed by atoms with E-state index in [1.165, 1.54) is 25.7 Å². The van der Waals surface area contributed by atoms with Crippen molar-refractivity contribution in [1.82, 2.24) is 4.90 Å². The van der Waals surface area contributed by atoms with Crippen LogP contribution in [0, 0.1) is 5.92 Å². The topological polar surface area (TPSA) is 57.6 Å². The monoisotopic (exact) mass is 253 g/mol. The Bertz CT molecular complexity index is 314. The molecular formula is C14H23NO3. The molecule has 0 aromatic carbocycles. The lowest BCUT2D eigenvalue weighted by Gasteiger charge is -2.44. The molecule has 1 amide bonds. The first kappa shape index (κ1) is 13.4. The second kappa shape index (κ2) is 6.21. The largest absolute Gasteiger partial charge is 0.481 e. The summed E-state index contributed by atoms with van der Waals surface area (Å²) >= 11 is 0. The number of fused-ring (bicyclic) bond motifs is 1. The van der Waals surface area contributed by atoms with Gasteiger partial charge in [0, 0.05) is 25.4 Å². The molecule has 0 spiro atoms. The zero-order valence-corrected chi connectivity index (χ0v) is 10.9. The smallest absolute Gasteiger partial charge is 0.303 e. The van der Waals surface area contributed by atoms with Crippen molar-refractivity contribution in [3.63, 3.8) is 0 Å². The molecule has 0 aromatic rings. The van der Waals surface area contributed by atoms with Crippen molar-refractivity contribution in [2.45, 2.75) is 63.8 Å². The highest BCUT2D eigenvalue weighted by Gasteiger charge is 2.35. The Kier molecular flexibility index (Phi) is 4.61. The van der Waals surface area contributed by atoms with Gasteiger partial charge in [-0.3, -0.25) is 9.59 Å². The molecule has 0 radical (unpaired) electrons. The lowest BCUT2D eigenvalue weighted by atomic mass is 9.78. The summed E-state index contributed by atoms with van der Waals surface area (Å²) in [6.07, 6.45) is 8.32. The number of amides is 1. The van der Waals surface area contributed by atoms with Gasteiger partial charge in [-0.1, -0.05) is 12.8 Å². The average Bonchev–Trinajstić information content (AvgIpc) is 2.37. The zero-order chi connectivity index (χ0) is 13.0. The van der Waals surface area contributed by atoms with Crippen molar-refractivity contribution in [2.75, 3.05) is 6.54 Å². The Morgan fingerprint density at radius 3 is 2.56 bits per heavy atom. The zero-order valence-electron chi connectivity index (χ0n) is 10.9. The molecule has 1 heterocycles. The van der Waals surface area contributed by atoms with Gasteiger partial charge >= 0.3 is 5.97 Å². The van der Waals surface area contributed by atoms with Gasteiger partial charge in [0.1, 0.15) is 0 Å². The minimum Gasteiger partial charge on any atom is -0.481 e. The van der Waals surface area contributed by atoms with Crippen molar-refractivity contribution in [3.8, 4) is 0 Å². The van der Waals surface area contributed by atoms with Crippen LogP contribution in [0.5, 0.6) is 0 Å². The fraction of sp³-hybridized carbons (Fsp3) is 0.857. The number of aliphatic carboxylic acids is 1. The molecule has 102 valence electrons. The van der Waals surface area contributed by atoms with Crippen LogP contribution >= 0.6 is 0 Å². The molecule has 1 saturated heterocycles. The van der Waals surface area contributed by atoms with Crippen LogP contribution in [0.25, 0.3) is 0 Å². The molecule has 18 heavy (non-hydrogen) atoms. The van der Waals surface area contributed by atoms with Crippen LogP contribution in [-0.4, -0.2) is 34.5 Å². The van der Waals surface area contributed by atoms with E-state index in [1.54, 1.807) is 0 Å². The number of likely N-dealkylation sites (tertiary alicyclic amines) is 1. The Morgan fingerprint density at radius 2 is 1.78 bits per heavy atom. The molecule has 2 fully saturated rings. The van der Waals surface area contributed by atoms with Gasteiger partial charge in [0.2, 0.25) is 5.91 Å². The van der Waals surface area contributed by atoms with E-state index in [0.717, 1.165) is 19.4 Å². The summed E-state index contributed by atoms with van der Waals surface area (Å²) < 4.78 is 0. The van der Waals surface area contributed by atoms with Crippen molar-refractivity contribution in [1.29, 1.82) is 0 Å². The number of nitrogens with zero attached hydrogens (tertiary/aromatic N) is 1. The molecule has 0 bridgehead atoms. The van der Waals surface area contributed by atoms with Crippen LogP contribution in [0.2, 0.25) is 0 Å². The lowest BCUT2D eigenvalue weighted by Crippen LogP contribution is -2.49. The average molecular weight is 253 g/mol. The van der Waals surface area contributed by atoms with Gasteiger partial charge < -0.3 is 10.0 Å². The summed E-state index contributed by atoms with van der Waals surface area (Å²) in [5.74, 6) is 0.0701. The molecule has 1 N–H and O–H groups in total. The third-order valence-corrected chi connectivity index (χ3v) is 4.34. The predicted octanol–water partition coefficient (Wildman–Crippen LogP) is 2.42. The van der Waals surface area contributed by atoms with Crippen LogP contribution in [0.15, 0.2) is 0 Å². The molecule has 2 rings (SSSR count). The second-order valence-corrected chi connectivity index (χ2v) is 5.59. The minimum atomic E-state index is -0.808. The molecule has 0 unspecified atom stereocenters. The van der Waals surface area contributed by atoms with Crippen LogP contribution in [0.4, 0.5) is 0 Å². The Balaban J connectivity index is 1.85. The summed E-state index contributed by atoms with van der Waals surface area (Å²) in [6, 6.07) is 0.449. The van der Waals surface area contributed by atoms with Gasteiger partial charge in [-0.25, -0.2) is 0 Å². The van der Waals surface area contributed by atoms with Gasteiger partial charge in [-0.05, 0) is 38.0 Å². The van der Waals surface area contributed by atoms with Crippen molar-refractivity contribution < 1.29 is 14.7 Å². The van der Waals surface area contributed by atoms with Crippen molar-refractivity contribution >= 4 is 11.9 Å². The first-order chi connectivity index (χ1) is 8.68. The highest BCUT2D eigenvalue weighted by Crippen LogP contribution is 2.35. The quantitative estimate of drug-likeness (QED) is 0.837. The van der Waals surface area contributed by atoms with Gasteiger partial charge in [-0.2, -0.15) is 0 Å². The molecular weight excluding hydrogens is 230 g/mol. The number of hydrogen-bond acceptors (Lipinski definition) is 2. The molecule has 2 aliphatic rings. The van der Waals surface area contributed by atoms with E-state index in [-0.39, 0.29) is 12.3 Å². The van der Waals surface area contributed by atoms with E-state index in [1.807, 2.05) is 0 Å². The normalized spacial score (nSPS) is 27.7. The van der Waals surface area contributed by atoms with Gasteiger partial charge in [0.25, 0.3) is 0 Å². The molecule has 4 heteroatoms. The summed E-state index contributed by atoms with van der Waals surface area (Å²) in [5, 5.41) is 8.60. The van der Waals surface area contributed by atoms with Crippen LogP contribution < -0.4 is 0 Å². The number of carboxylic acid groups (broad SMARTS) is 1. The van der Waals surface area contributed by atoms with Crippen molar-refractivity contribution in [2.24, 2.45) is 5.92 Å². The number of carbonyl (C=O) groups excluding carboxylic acids is 1. The summed E-state index contributed by atoms with van der Waals surface area (Å²) in [7, 11) is 0. The molecule has 0 aromatic heterocycles. The van der Waals surface area contributed by atoms with E-state index >= 15 is 0 Å². The number of rotatable bonds is 4. The van der Waals surface area contributed by atoms with Gasteiger partial charge in [0.15, 0.2) is 0 Å². The fourth-order valence-electron chi connectivity index (χ4n) is 3.47. The molecule has 1 aliphatic carbocycles. The van der Waals surface area contributed by atoms with E-state index < -0.39 is 5.97 Å². The first-order valence-electron chi connectivity index (χ1n) is 7.20. The predicted molar refractivity (Wildman–Crippen MR) is 68.2 cm³/mol. The second-order valence-electron chi connectivity index (χ2n) is 5.59. The molecule has 4 nitrogen and oxygen atoms in total. The van der Waals surface area contributed by atoms with E-state index in [0.29, 0.717) is 24.8 Å². The fourth-order valence-corrected chi connectivity index (χ4v) is 3.47. The van der Waals surface area contributed by atoms with Crippen LogP contribution in [0.1, 0.15) is 57.8 Å². The molecule has 1 aliphatic heterocycles. The Morgan fingerprint density at radius 1 is 1.06 bits per heavy atom. The van der Waals surface area contributed by atoms with E-state index in [4.69, 9.17) is 5.11 Å². The van der Waals surface area contributed by atoms with Crippen molar-refractivity contribution in [3.05, 3.63) is 0 Å². The SMILES string of the molecule is O=C(O)CCCC(=O)N1CCC[C@H]2CCCC[C@H]21. The molecule has 1 saturated carbocycles. The summed E-state index contributed by atoms with van der Waals surface area (Å²) in [4.78, 5) is 24.7.